The second-order valence-corrected chi connectivity index (χ2v) is 7.64. The van der Waals surface area contributed by atoms with Crippen molar-refractivity contribution in [2.45, 2.75) is 52.0 Å². The van der Waals surface area contributed by atoms with Crippen molar-refractivity contribution in [1.29, 1.82) is 5.26 Å². The fraction of sp³-hybridized carbons (Fsp3) is 0.320. The molecule has 4 rings (SSSR count). The van der Waals surface area contributed by atoms with Crippen LogP contribution in [0.25, 0.3) is 11.1 Å². The second kappa shape index (κ2) is 8.45. The van der Waals surface area contributed by atoms with Crippen LogP contribution in [0.15, 0.2) is 48.5 Å². The maximum Gasteiger partial charge on any atom is 0.181 e. The molecule has 1 aliphatic rings. The summed E-state index contributed by atoms with van der Waals surface area (Å²) in [5, 5.41) is 9.35. The Morgan fingerprint density at radius 3 is 2.59 bits per heavy atom. The van der Waals surface area contributed by atoms with Crippen molar-refractivity contribution < 1.29 is 4.79 Å². The summed E-state index contributed by atoms with van der Waals surface area (Å²) in [5.74, 6) is 1.25. The van der Waals surface area contributed by atoms with Gasteiger partial charge in [0, 0.05) is 19.4 Å². The summed E-state index contributed by atoms with van der Waals surface area (Å²) in [6.45, 7) is 2.80. The van der Waals surface area contributed by atoms with Gasteiger partial charge in [-0.3, -0.25) is 4.79 Å². The van der Waals surface area contributed by atoms with E-state index in [0.717, 1.165) is 66.0 Å². The summed E-state index contributed by atoms with van der Waals surface area (Å²) in [5.41, 5.74) is 5.59. The first kappa shape index (κ1) is 19.1. The van der Waals surface area contributed by atoms with Crippen molar-refractivity contribution in [2.75, 3.05) is 0 Å². The number of carbonyl (C=O) groups is 1. The molecule has 0 radical (unpaired) electrons. The number of rotatable bonds is 5. The molecule has 1 aromatic heterocycles. The first-order valence-corrected chi connectivity index (χ1v) is 10.4. The van der Waals surface area contributed by atoms with E-state index in [1.807, 2.05) is 24.3 Å². The van der Waals surface area contributed by atoms with Crippen molar-refractivity contribution in [3.8, 4) is 17.2 Å². The third-order valence-corrected chi connectivity index (χ3v) is 5.58. The normalized spacial score (nSPS) is 13.6. The summed E-state index contributed by atoms with van der Waals surface area (Å²) in [6.07, 6.45) is 5.39. The molecule has 0 aliphatic heterocycles. The van der Waals surface area contributed by atoms with E-state index < -0.39 is 0 Å². The minimum atomic E-state index is 0.229. The van der Waals surface area contributed by atoms with Gasteiger partial charge in [-0.25, -0.2) is 4.98 Å². The molecule has 0 amide bonds. The van der Waals surface area contributed by atoms with Crippen LogP contribution < -0.4 is 0 Å². The summed E-state index contributed by atoms with van der Waals surface area (Å²) in [6, 6.07) is 18.2. The highest BCUT2D eigenvalue weighted by Crippen LogP contribution is 2.26. The van der Waals surface area contributed by atoms with Gasteiger partial charge in [-0.1, -0.05) is 49.4 Å². The van der Waals surface area contributed by atoms with Gasteiger partial charge in [0.15, 0.2) is 5.78 Å². The maximum absolute atomic E-state index is 12.8. The van der Waals surface area contributed by atoms with Gasteiger partial charge in [0.05, 0.1) is 17.3 Å². The number of aryl methyl sites for hydroxylation is 2. The zero-order valence-corrected chi connectivity index (χ0v) is 16.8. The fourth-order valence-electron chi connectivity index (χ4n) is 4.13. The lowest BCUT2D eigenvalue weighted by Crippen LogP contribution is -2.13. The van der Waals surface area contributed by atoms with Gasteiger partial charge in [0.2, 0.25) is 0 Å². The number of ketones is 1. The van der Waals surface area contributed by atoms with E-state index in [4.69, 9.17) is 4.98 Å². The van der Waals surface area contributed by atoms with Gasteiger partial charge in [0.25, 0.3) is 0 Å². The van der Waals surface area contributed by atoms with E-state index in [1.54, 1.807) is 0 Å². The molecule has 2 aromatic carbocycles. The number of carbonyl (C=O) groups excluding carboxylic acids is 1. The third-order valence-electron chi connectivity index (χ3n) is 5.58. The van der Waals surface area contributed by atoms with Crippen LogP contribution in [-0.4, -0.2) is 15.3 Å². The van der Waals surface area contributed by atoms with Crippen LogP contribution in [-0.2, 0) is 19.4 Å². The molecule has 4 nitrogen and oxygen atoms in total. The van der Waals surface area contributed by atoms with E-state index in [9.17, 15) is 10.1 Å². The van der Waals surface area contributed by atoms with Gasteiger partial charge < -0.3 is 4.57 Å². The summed E-state index contributed by atoms with van der Waals surface area (Å²) in [4.78, 5) is 17.6. The lowest BCUT2D eigenvalue weighted by Gasteiger charge is -2.12. The lowest BCUT2D eigenvalue weighted by molar-refractivity contribution is 0.0973. The molecule has 29 heavy (non-hydrogen) atoms. The highest BCUT2D eigenvalue weighted by Gasteiger charge is 2.24. The first-order valence-electron chi connectivity index (χ1n) is 10.4. The minimum Gasteiger partial charge on any atom is -0.321 e. The highest BCUT2D eigenvalue weighted by molar-refractivity contribution is 5.96. The van der Waals surface area contributed by atoms with Crippen molar-refractivity contribution in [1.82, 2.24) is 9.55 Å². The Morgan fingerprint density at radius 2 is 1.83 bits per heavy atom. The Morgan fingerprint density at radius 1 is 1.07 bits per heavy atom. The van der Waals surface area contributed by atoms with E-state index in [2.05, 4.69) is 41.8 Å². The number of fused-ring (bicyclic) bond motifs is 1. The zero-order valence-electron chi connectivity index (χ0n) is 16.8. The van der Waals surface area contributed by atoms with Crippen molar-refractivity contribution in [3.05, 3.63) is 76.9 Å². The van der Waals surface area contributed by atoms with Crippen LogP contribution in [0.2, 0.25) is 0 Å². The molecule has 4 heteroatoms. The molecule has 146 valence electrons. The molecule has 0 saturated carbocycles. The van der Waals surface area contributed by atoms with Crippen LogP contribution in [0.4, 0.5) is 0 Å². The van der Waals surface area contributed by atoms with Crippen LogP contribution >= 0.6 is 0 Å². The second-order valence-electron chi connectivity index (χ2n) is 7.64. The van der Waals surface area contributed by atoms with E-state index in [1.165, 1.54) is 0 Å². The van der Waals surface area contributed by atoms with Crippen molar-refractivity contribution in [3.63, 3.8) is 0 Å². The Bertz CT molecular complexity index is 1070. The Labute approximate surface area is 171 Å². The van der Waals surface area contributed by atoms with E-state index >= 15 is 0 Å². The molecule has 0 saturated heterocycles. The van der Waals surface area contributed by atoms with Crippen LogP contribution in [0.3, 0.4) is 0 Å². The summed E-state index contributed by atoms with van der Waals surface area (Å²) >= 11 is 0. The van der Waals surface area contributed by atoms with Crippen molar-refractivity contribution >= 4 is 5.78 Å². The largest absolute Gasteiger partial charge is 0.321 e. The van der Waals surface area contributed by atoms with Crippen LogP contribution in [0.5, 0.6) is 0 Å². The number of nitrogens with zero attached hydrogens (tertiary/aromatic N) is 3. The van der Waals surface area contributed by atoms with Gasteiger partial charge in [0.1, 0.15) is 11.5 Å². The molecule has 0 N–H and O–H groups in total. The molecule has 0 atom stereocenters. The minimum absolute atomic E-state index is 0.229. The van der Waals surface area contributed by atoms with Gasteiger partial charge in [-0.05, 0) is 48.4 Å². The molecule has 1 heterocycles. The monoisotopic (exact) mass is 385 g/mol. The first-order chi connectivity index (χ1) is 14.2. The number of benzene rings is 2. The highest BCUT2D eigenvalue weighted by atomic mass is 16.1. The molecule has 0 spiro atoms. The average molecular weight is 385 g/mol. The SMILES string of the molecule is CCCc1nc2c(n1Cc1ccc(-c3ccccc3[14C]#N)cc1)C(=O)CCCC2. The summed E-state index contributed by atoms with van der Waals surface area (Å²) < 4.78 is 2.14. The zero-order chi connectivity index (χ0) is 20.2. The Balaban J connectivity index is 1.67. The molecule has 0 fully saturated rings. The van der Waals surface area contributed by atoms with Gasteiger partial charge in [-0.2, -0.15) is 5.26 Å². The van der Waals surface area contributed by atoms with Crippen LogP contribution in [0.1, 0.15) is 65.7 Å². The number of hydrogen-bond donors (Lipinski definition) is 0. The number of aromatic nitrogens is 2. The number of imidazole rings is 1. The molecule has 0 unspecified atom stereocenters. The smallest absolute Gasteiger partial charge is 0.181 e. The van der Waals surface area contributed by atoms with Crippen molar-refractivity contribution in [2.24, 2.45) is 0 Å². The molecule has 0 bridgehead atoms. The summed E-state index contributed by atoms with van der Waals surface area (Å²) in [7, 11) is 0. The standard InChI is InChI=1S/C25H25N3O/c1-2-7-24-27-22-10-5-6-11-23(29)25(22)28(24)17-18-12-14-19(15-13-18)21-9-4-3-8-20(21)16-26/h3-4,8-9,12-15H,2,5-7,10-11,17H2,1H3/i16+2. The molecular formula is C25H25N3O. The molecular weight excluding hydrogens is 360 g/mol. The Hall–Kier alpha value is -3.19. The number of Topliss-reactive ketones (excluding diaryl/α,β-unsaturated/α-hetero) is 1. The molecule has 3 aromatic rings. The predicted molar refractivity (Wildman–Crippen MR) is 114 cm³/mol. The molecule has 1 aliphatic carbocycles. The van der Waals surface area contributed by atoms with Crippen LogP contribution in [0, 0.1) is 11.3 Å². The average Bonchev–Trinajstić information content (AvgIpc) is 2.97. The number of hydrogen-bond acceptors (Lipinski definition) is 3. The van der Waals surface area contributed by atoms with E-state index in [0.29, 0.717) is 18.5 Å². The lowest BCUT2D eigenvalue weighted by atomic mass is 10.0. The van der Waals surface area contributed by atoms with Gasteiger partial charge in [-0.15, -0.1) is 0 Å². The number of nitriles is 1. The van der Waals surface area contributed by atoms with Gasteiger partial charge >= 0.3 is 0 Å². The third kappa shape index (κ3) is 3.86. The Kier molecular flexibility index (Phi) is 5.57. The topological polar surface area (TPSA) is 58.7 Å². The quantitative estimate of drug-likeness (QED) is 0.558. The predicted octanol–water partition coefficient (Wildman–Crippen LogP) is 5.33. The fourth-order valence-corrected chi connectivity index (χ4v) is 4.13. The maximum atomic E-state index is 12.8. The van der Waals surface area contributed by atoms with E-state index in [-0.39, 0.29) is 5.78 Å².